The van der Waals surface area contributed by atoms with Crippen LogP contribution in [0.5, 0.6) is 0 Å². The molecule has 0 unspecified atom stereocenters. The lowest BCUT2D eigenvalue weighted by molar-refractivity contribution is 0.0602. The second-order valence-electron chi connectivity index (χ2n) is 5.13. The average Bonchev–Trinajstić information content (AvgIpc) is 2.84. The molecule has 0 spiro atoms. The number of ether oxygens (including phenoxy) is 1. The van der Waals surface area contributed by atoms with Crippen LogP contribution in [0.15, 0.2) is 48.5 Å². The maximum absolute atomic E-state index is 12.5. The summed E-state index contributed by atoms with van der Waals surface area (Å²) in [7, 11) is 1.34. The minimum atomic E-state index is -0.435. The number of hydrogen-bond acceptors (Lipinski definition) is 4. The average molecular weight is 289 g/mol. The van der Waals surface area contributed by atoms with Gasteiger partial charge in [-0.05, 0) is 12.1 Å². The van der Waals surface area contributed by atoms with E-state index >= 15 is 0 Å². The predicted octanol–water partition coefficient (Wildman–Crippen LogP) is 3.23. The Morgan fingerprint density at radius 3 is 2.55 bits per heavy atom. The van der Waals surface area contributed by atoms with Crippen molar-refractivity contribution in [3.8, 4) is 11.3 Å². The molecule has 0 bridgehead atoms. The van der Waals surface area contributed by atoms with Crippen LogP contribution in [0.2, 0.25) is 0 Å². The van der Waals surface area contributed by atoms with Crippen LogP contribution in [-0.2, 0) is 4.74 Å². The topological polar surface area (TPSA) is 56.3 Å². The highest BCUT2D eigenvalue weighted by Crippen LogP contribution is 2.37. The van der Waals surface area contributed by atoms with Gasteiger partial charge in [0.15, 0.2) is 5.78 Å². The Balaban J connectivity index is 2.07. The molecule has 0 radical (unpaired) electrons. The molecule has 0 saturated carbocycles. The van der Waals surface area contributed by atoms with Crippen molar-refractivity contribution < 1.29 is 14.3 Å². The molecule has 2 aromatic carbocycles. The Kier molecular flexibility index (Phi) is 2.60. The van der Waals surface area contributed by atoms with Crippen molar-refractivity contribution in [2.75, 3.05) is 7.11 Å². The van der Waals surface area contributed by atoms with Crippen molar-refractivity contribution >= 4 is 22.7 Å². The monoisotopic (exact) mass is 289 g/mol. The van der Waals surface area contributed by atoms with E-state index in [-0.39, 0.29) is 5.78 Å². The Morgan fingerprint density at radius 1 is 1.00 bits per heavy atom. The van der Waals surface area contributed by atoms with Gasteiger partial charge in [-0.3, -0.25) is 4.79 Å². The number of esters is 1. The summed E-state index contributed by atoms with van der Waals surface area (Å²) in [5.74, 6) is -0.459. The lowest BCUT2D eigenvalue weighted by Gasteiger charge is -2.06. The van der Waals surface area contributed by atoms with E-state index in [1.807, 2.05) is 24.3 Å². The van der Waals surface area contributed by atoms with Gasteiger partial charge in [0.1, 0.15) is 0 Å². The van der Waals surface area contributed by atoms with Gasteiger partial charge in [0.2, 0.25) is 0 Å². The number of hydrogen-bond donors (Lipinski definition) is 0. The van der Waals surface area contributed by atoms with Gasteiger partial charge in [0.05, 0.1) is 23.9 Å². The molecule has 1 heterocycles. The van der Waals surface area contributed by atoms with Gasteiger partial charge in [-0.25, -0.2) is 9.78 Å². The van der Waals surface area contributed by atoms with E-state index in [9.17, 15) is 9.59 Å². The van der Waals surface area contributed by atoms with Crippen LogP contribution in [0.3, 0.4) is 0 Å². The summed E-state index contributed by atoms with van der Waals surface area (Å²) in [4.78, 5) is 29.0. The molecule has 22 heavy (non-hydrogen) atoms. The molecule has 0 N–H and O–H groups in total. The highest BCUT2D eigenvalue weighted by Gasteiger charge is 2.28. The minimum Gasteiger partial charge on any atom is -0.465 e. The summed E-state index contributed by atoms with van der Waals surface area (Å²) >= 11 is 0. The fourth-order valence-corrected chi connectivity index (χ4v) is 2.88. The number of ketones is 1. The zero-order valence-electron chi connectivity index (χ0n) is 11.8. The van der Waals surface area contributed by atoms with Crippen LogP contribution < -0.4 is 0 Å². The summed E-state index contributed by atoms with van der Waals surface area (Å²) < 4.78 is 4.81. The lowest BCUT2D eigenvalue weighted by atomic mass is 10.1. The Bertz CT molecular complexity index is 960. The summed E-state index contributed by atoms with van der Waals surface area (Å²) in [6.07, 6.45) is 0. The molecule has 106 valence electrons. The van der Waals surface area contributed by atoms with E-state index in [0.717, 1.165) is 10.9 Å². The molecule has 4 heteroatoms. The van der Waals surface area contributed by atoms with Crippen molar-refractivity contribution in [2.24, 2.45) is 0 Å². The smallest absolute Gasteiger partial charge is 0.340 e. The third-order valence-electron chi connectivity index (χ3n) is 3.92. The third kappa shape index (κ3) is 1.61. The van der Waals surface area contributed by atoms with E-state index in [1.165, 1.54) is 7.11 Å². The second kappa shape index (κ2) is 4.49. The largest absolute Gasteiger partial charge is 0.465 e. The molecule has 0 saturated heterocycles. The molecule has 0 fully saturated rings. The zero-order chi connectivity index (χ0) is 15.3. The summed E-state index contributed by atoms with van der Waals surface area (Å²) in [6.45, 7) is 0. The number of nitrogens with zero attached hydrogens (tertiary/aromatic N) is 1. The maximum Gasteiger partial charge on any atom is 0.340 e. The van der Waals surface area contributed by atoms with Crippen LogP contribution in [0.1, 0.15) is 26.3 Å². The van der Waals surface area contributed by atoms with Gasteiger partial charge >= 0.3 is 5.97 Å². The lowest BCUT2D eigenvalue weighted by Crippen LogP contribution is -2.04. The van der Waals surface area contributed by atoms with Gasteiger partial charge in [-0.2, -0.15) is 0 Å². The molecular weight excluding hydrogens is 278 g/mol. The first kappa shape index (κ1) is 12.7. The summed E-state index contributed by atoms with van der Waals surface area (Å²) in [5.41, 5.74) is 3.63. The third-order valence-corrected chi connectivity index (χ3v) is 3.92. The van der Waals surface area contributed by atoms with Gasteiger partial charge in [-0.15, -0.1) is 0 Å². The van der Waals surface area contributed by atoms with Crippen molar-refractivity contribution in [2.45, 2.75) is 0 Å². The van der Waals surface area contributed by atoms with E-state index in [2.05, 4.69) is 4.98 Å². The highest BCUT2D eigenvalue weighted by molar-refractivity contribution is 6.22. The minimum absolute atomic E-state index is 0.0246. The van der Waals surface area contributed by atoms with Crippen LogP contribution in [0.4, 0.5) is 0 Å². The van der Waals surface area contributed by atoms with Crippen molar-refractivity contribution in [1.82, 2.24) is 4.98 Å². The SMILES string of the molecule is COC(=O)c1cccc2cc3c(nc12)-c1ccccc1C3=O. The predicted molar refractivity (Wildman–Crippen MR) is 82.0 cm³/mol. The number of fused-ring (bicyclic) bond motifs is 4. The number of methoxy groups -OCH3 is 1. The Morgan fingerprint density at radius 2 is 1.77 bits per heavy atom. The van der Waals surface area contributed by atoms with E-state index in [4.69, 9.17) is 4.74 Å². The van der Waals surface area contributed by atoms with Crippen LogP contribution in [0, 0.1) is 0 Å². The van der Waals surface area contributed by atoms with Crippen molar-refractivity contribution in [1.29, 1.82) is 0 Å². The van der Waals surface area contributed by atoms with Gasteiger partial charge < -0.3 is 4.74 Å². The summed E-state index contributed by atoms with van der Waals surface area (Å²) in [5, 5.41) is 0.753. The molecule has 1 aromatic heterocycles. The fraction of sp³-hybridized carbons (Fsp3) is 0.0556. The fourth-order valence-electron chi connectivity index (χ4n) is 2.88. The molecule has 0 amide bonds. The maximum atomic E-state index is 12.5. The normalized spacial score (nSPS) is 12.1. The molecular formula is C18H11NO3. The quantitative estimate of drug-likeness (QED) is 0.505. The number of carbonyl (C=O) groups excluding carboxylic acids is 2. The first-order valence-corrected chi connectivity index (χ1v) is 6.87. The molecule has 0 atom stereocenters. The van der Waals surface area contributed by atoms with E-state index in [0.29, 0.717) is 27.9 Å². The first-order valence-electron chi connectivity index (χ1n) is 6.87. The van der Waals surface area contributed by atoms with Gasteiger partial charge in [0, 0.05) is 22.1 Å². The molecule has 4 nitrogen and oxygen atoms in total. The Hall–Kier alpha value is -3.01. The molecule has 3 aromatic rings. The molecule has 1 aliphatic rings. The van der Waals surface area contributed by atoms with Gasteiger partial charge in [0.25, 0.3) is 0 Å². The zero-order valence-corrected chi connectivity index (χ0v) is 11.8. The number of para-hydroxylation sites is 1. The number of benzene rings is 2. The number of carbonyl (C=O) groups is 2. The van der Waals surface area contributed by atoms with Crippen LogP contribution >= 0.6 is 0 Å². The van der Waals surface area contributed by atoms with Crippen LogP contribution in [0.25, 0.3) is 22.2 Å². The second-order valence-corrected chi connectivity index (χ2v) is 5.13. The summed E-state index contributed by atoms with van der Waals surface area (Å²) in [6, 6.07) is 14.5. The highest BCUT2D eigenvalue weighted by atomic mass is 16.5. The number of aromatic nitrogens is 1. The van der Waals surface area contributed by atoms with Gasteiger partial charge in [-0.1, -0.05) is 36.4 Å². The van der Waals surface area contributed by atoms with E-state index < -0.39 is 5.97 Å². The van der Waals surface area contributed by atoms with Crippen molar-refractivity contribution in [3.63, 3.8) is 0 Å². The standard InChI is InChI=1S/C18H11NO3/c1-22-18(21)13-8-4-5-10-9-14-16(19-15(10)13)11-6-2-3-7-12(11)17(14)20/h2-9H,1H3. The molecule has 1 aliphatic carbocycles. The van der Waals surface area contributed by atoms with Crippen molar-refractivity contribution in [3.05, 3.63) is 65.2 Å². The molecule has 4 rings (SSSR count). The number of pyridine rings is 1. The number of rotatable bonds is 1. The first-order chi connectivity index (χ1) is 10.7. The van der Waals surface area contributed by atoms with Crippen LogP contribution in [-0.4, -0.2) is 23.8 Å². The Labute approximate surface area is 126 Å². The molecule has 0 aliphatic heterocycles. The van der Waals surface area contributed by atoms with E-state index in [1.54, 1.807) is 24.3 Å².